The highest BCUT2D eigenvalue weighted by Crippen LogP contribution is 2.23. The van der Waals surface area contributed by atoms with E-state index < -0.39 is 0 Å². The molecule has 5 heteroatoms. The lowest BCUT2D eigenvalue weighted by molar-refractivity contribution is 0.0785. The van der Waals surface area contributed by atoms with Crippen LogP contribution in [0.5, 0.6) is 0 Å². The van der Waals surface area contributed by atoms with Gasteiger partial charge in [0.05, 0.1) is 16.8 Å². The predicted octanol–water partition coefficient (Wildman–Crippen LogP) is 4.33. The number of rotatable bonds is 3. The van der Waals surface area contributed by atoms with E-state index in [9.17, 15) is 4.79 Å². The largest absolute Gasteiger partial charge is 0.335 e. The van der Waals surface area contributed by atoms with Gasteiger partial charge in [-0.2, -0.15) is 0 Å². The molecule has 1 heterocycles. The fourth-order valence-corrected chi connectivity index (χ4v) is 3.52. The molecule has 0 bridgehead atoms. The van der Waals surface area contributed by atoms with Crippen molar-refractivity contribution >= 4 is 43.4 Å². The van der Waals surface area contributed by atoms with Crippen LogP contribution in [0.25, 0.3) is 10.2 Å². The molecule has 21 heavy (non-hydrogen) atoms. The minimum Gasteiger partial charge on any atom is -0.335 e. The predicted molar refractivity (Wildman–Crippen MR) is 89.6 cm³/mol. The summed E-state index contributed by atoms with van der Waals surface area (Å²) in [6, 6.07) is 15.4. The van der Waals surface area contributed by atoms with Crippen LogP contribution in [0.15, 0.2) is 53.0 Å². The van der Waals surface area contributed by atoms with Gasteiger partial charge in [-0.05, 0) is 30.3 Å². The molecule has 0 aliphatic heterocycles. The third-order valence-corrected chi connectivity index (χ3v) is 4.64. The molecule has 1 amide bonds. The van der Waals surface area contributed by atoms with Crippen molar-refractivity contribution in [3.8, 4) is 0 Å². The van der Waals surface area contributed by atoms with Gasteiger partial charge in [-0.15, -0.1) is 11.3 Å². The number of hydrogen-bond acceptors (Lipinski definition) is 3. The molecule has 106 valence electrons. The Morgan fingerprint density at radius 3 is 2.81 bits per heavy atom. The van der Waals surface area contributed by atoms with E-state index in [4.69, 9.17) is 0 Å². The van der Waals surface area contributed by atoms with Crippen molar-refractivity contribution in [3.05, 3.63) is 63.6 Å². The van der Waals surface area contributed by atoms with Crippen LogP contribution in [-0.2, 0) is 6.54 Å². The number of hydrogen-bond donors (Lipinski definition) is 0. The van der Waals surface area contributed by atoms with E-state index in [2.05, 4.69) is 20.9 Å². The van der Waals surface area contributed by atoms with Gasteiger partial charge in [-0.1, -0.05) is 34.1 Å². The maximum absolute atomic E-state index is 12.4. The van der Waals surface area contributed by atoms with Crippen molar-refractivity contribution in [1.82, 2.24) is 9.88 Å². The molecule has 2 aromatic carbocycles. The highest BCUT2D eigenvalue weighted by atomic mass is 79.9. The third-order valence-electron chi connectivity index (χ3n) is 3.13. The first-order valence-electron chi connectivity index (χ1n) is 6.49. The summed E-state index contributed by atoms with van der Waals surface area (Å²) in [5.41, 5.74) is 1.66. The molecule has 0 saturated heterocycles. The average Bonchev–Trinajstić information content (AvgIpc) is 2.88. The lowest BCUT2D eigenvalue weighted by Gasteiger charge is -2.15. The topological polar surface area (TPSA) is 33.2 Å². The van der Waals surface area contributed by atoms with Crippen molar-refractivity contribution < 1.29 is 4.79 Å². The van der Waals surface area contributed by atoms with E-state index >= 15 is 0 Å². The normalized spacial score (nSPS) is 10.8. The molecular formula is C16H13BrN2OS. The number of benzene rings is 2. The number of aromatic nitrogens is 1. The summed E-state index contributed by atoms with van der Waals surface area (Å²) >= 11 is 5.02. The minimum atomic E-state index is -0.00411. The van der Waals surface area contributed by atoms with Gasteiger partial charge in [0.25, 0.3) is 5.91 Å². The standard InChI is InChI=1S/C16H13BrN2OS/c1-19(16(20)11-5-4-6-12(17)9-11)10-15-18-13-7-2-3-8-14(13)21-15/h2-9H,10H2,1H3. The van der Waals surface area contributed by atoms with Crippen molar-refractivity contribution in [2.75, 3.05) is 7.05 Å². The Hall–Kier alpha value is -1.72. The number of nitrogens with zero attached hydrogens (tertiary/aromatic N) is 2. The number of fused-ring (bicyclic) bond motifs is 1. The molecule has 0 atom stereocenters. The van der Waals surface area contributed by atoms with Crippen LogP contribution >= 0.6 is 27.3 Å². The molecule has 3 aromatic rings. The van der Waals surface area contributed by atoms with E-state index in [0.717, 1.165) is 19.7 Å². The molecule has 0 N–H and O–H groups in total. The van der Waals surface area contributed by atoms with E-state index in [-0.39, 0.29) is 5.91 Å². The number of carbonyl (C=O) groups excluding carboxylic acids is 1. The molecule has 0 fully saturated rings. The van der Waals surface area contributed by atoms with Gasteiger partial charge >= 0.3 is 0 Å². The number of thiazole rings is 1. The Kier molecular flexibility index (Phi) is 4.03. The van der Waals surface area contributed by atoms with E-state index in [0.29, 0.717) is 12.1 Å². The summed E-state index contributed by atoms with van der Waals surface area (Å²) in [5.74, 6) is -0.00411. The number of amides is 1. The summed E-state index contributed by atoms with van der Waals surface area (Å²) < 4.78 is 2.05. The monoisotopic (exact) mass is 360 g/mol. The first-order chi connectivity index (χ1) is 10.1. The van der Waals surface area contributed by atoms with E-state index in [1.165, 1.54) is 0 Å². The second-order valence-corrected chi connectivity index (χ2v) is 6.78. The zero-order valence-corrected chi connectivity index (χ0v) is 13.8. The van der Waals surface area contributed by atoms with Crippen LogP contribution in [0.4, 0.5) is 0 Å². The van der Waals surface area contributed by atoms with Crippen LogP contribution in [0.3, 0.4) is 0 Å². The molecule has 0 unspecified atom stereocenters. The minimum absolute atomic E-state index is 0.00411. The fourth-order valence-electron chi connectivity index (χ4n) is 2.10. The van der Waals surface area contributed by atoms with Crippen molar-refractivity contribution in [1.29, 1.82) is 0 Å². The number of carbonyl (C=O) groups is 1. The maximum atomic E-state index is 12.4. The van der Waals surface area contributed by atoms with E-state index in [1.807, 2.05) is 48.5 Å². The van der Waals surface area contributed by atoms with Gasteiger partial charge in [0.1, 0.15) is 5.01 Å². The van der Waals surface area contributed by atoms with Crippen molar-refractivity contribution in [2.24, 2.45) is 0 Å². The van der Waals surface area contributed by atoms with Gasteiger partial charge in [-0.25, -0.2) is 4.98 Å². The molecule has 3 rings (SSSR count). The molecule has 0 radical (unpaired) electrons. The lowest BCUT2D eigenvalue weighted by atomic mass is 10.2. The zero-order chi connectivity index (χ0) is 14.8. The Balaban J connectivity index is 1.79. The quantitative estimate of drug-likeness (QED) is 0.696. The summed E-state index contributed by atoms with van der Waals surface area (Å²) in [4.78, 5) is 18.7. The third kappa shape index (κ3) is 3.14. The van der Waals surface area contributed by atoms with Gasteiger partial charge in [-0.3, -0.25) is 4.79 Å². The molecule has 0 aliphatic rings. The smallest absolute Gasteiger partial charge is 0.254 e. The first kappa shape index (κ1) is 14.2. The fraction of sp³-hybridized carbons (Fsp3) is 0.125. The lowest BCUT2D eigenvalue weighted by Crippen LogP contribution is -2.26. The van der Waals surface area contributed by atoms with E-state index in [1.54, 1.807) is 23.3 Å². The van der Waals surface area contributed by atoms with Gasteiger partial charge < -0.3 is 4.90 Å². The SMILES string of the molecule is CN(Cc1nc2ccccc2s1)C(=O)c1cccc(Br)c1. The zero-order valence-electron chi connectivity index (χ0n) is 11.4. The summed E-state index contributed by atoms with van der Waals surface area (Å²) in [6.45, 7) is 0.519. The van der Waals surface area contributed by atoms with Gasteiger partial charge in [0.15, 0.2) is 0 Å². The molecule has 3 nitrogen and oxygen atoms in total. The van der Waals surface area contributed by atoms with Crippen LogP contribution < -0.4 is 0 Å². The Bertz CT molecular complexity index is 767. The first-order valence-corrected chi connectivity index (χ1v) is 8.10. The van der Waals surface area contributed by atoms with Crippen LogP contribution in [-0.4, -0.2) is 22.8 Å². The second kappa shape index (κ2) is 5.95. The summed E-state index contributed by atoms with van der Waals surface area (Å²) in [6.07, 6.45) is 0. The van der Waals surface area contributed by atoms with Gasteiger partial charge in [0.2, 0.25) is 0 Å². The molecule has 0 saturated carbocycles. The Morgan fingerprint density at radius 1 is 1.24 bits per heavy atom. The van der Waals surface area contributed by atoms with Crippen LogP contribution in [0.1, 0.15) is 15.4 Å². The maximum Gasteiger partial charge on any atom is 0.254 e. The van der Waals surface area contributed by atoms with Crippen LogP contribution in [0, 0.1) is 0 Å². The second-order valence-electron chi connectivity index (χ2n) is 4.75. The Labute approximate surface area is 135 Å². The molecule has 0 spiro atoms. The van der Waals surface area contributed by atoms with Crippen molar-refractivity contribution in [3.63, 3.8) is 0 Å². The highest BCUT2D eigenvalue weighted by molar-refractivity contribution is 9.10. The Morgan fingerprint density at radius 2 is 2.05 bits per heavy atom. The average molecular weight is 361 g/mol. The van der Waals surface area contributed by atoms with Gasteiger partial charge in [0, 0.05) is 17.1 Å². The number of para-hydroxylation sites is 1. The summed E-state index contributed by atoms with van der Waals surface area (Å²) in [7, 11) is 1.80. The molecular weight excluding hydrogens is 348 g/mol. The molecule has 1 aromatic heterocycles. The molecule has 0 aliphatic carbocycles. The summed E-state index contributed by atoms with van der Waals surface area (Å²) in [5, 5.41) is 0.946. The highest BCUT2D eigenvalue weighted by Gasteiger charge is 2.14. The number of halogens is 1. The van der Waals surface area contributed by atoms with Crippen molar-refractivity contribution in [2.45, 2.75) is 6.54 Å². The van der Waals surface area contributed by atoms with Crippen LogP contribution in [0.2, 0.25) is 0 Å².